The molecule has 0 aliphatic rings. The van der Waals surface area contributed by atoms with Crippen molar-refractivity contribution in [3.8, 4) is 5.69 Å². The summed E-state index contributed by atoms with van der Waals surface area (Å²) in [5.74, 6) is -5.14. The zero-order valence-electron chi connectivity index (χ0n) is 16.6. The number of hydrogen-bond donors (Lipinski definition) is 1. The molecule has 0 saturated carbocycles. The molecule has 0 bridgehead atoms. The van der Waals surface area contributed by atoms with Gasteiger partial charge in [-0.15, -0.1) is 5.10 Å². The number of aryl methyl sites for hydroxylation is 1. The van der Waals surface area contributed by atoms with Crippen molar-refractivity contribution in [3.05, 3.63) is 89.3 Å². The lowest BCUT2D eigenvalue weighted by Gasteiger charge is -2.09. The molecule has 2 aromatic carbocycles. The lowest BCUT2D eigenvalue weighted by molar-refractivity contribution is 0.102. The average Bonchev–Trinajstić information content (AvgIpc) is 3.23. The fourth-order valence-electron chi connectivity index (χ4n) is 2.80. The van der Waals surface area contributed by atoms with Crippen molar-refractivity contribution in [2.45, 2.75) is 17.8 Å². The number of aromatic nitrogens is 5. The van der Waals surface area contributed by atoms with Gasteiger partial charge in [-0.3, -0.25) is 4.79 Å². The van der Waals surface area contributed by atoms with Gasteiger partial charge in [-0.1, -0.05) is 34.7 Å². The Morgan fingerprint density at radius 1 is 1.03 bits per heavy atom. The molecule has 0 saturated heterocycles. The molecule has 0 unspecified atom stereocenters. The van der Waals surface area contributed by atoms with Crippen LogP contribution >= 0.6 is 11.8 Å². The van der Waals surface area contributed by atoms with Gasteiger partial charge in [0.2, 0.25) is 0 Å². The number of halogens is 3. The van der Waals surface area contributed by atoms with Gasteiger partial charge >= 0.3 is 0 Å². The van der Waals surface area contributed by atoms with Gasteiger partial charge in [0.05, 0.1) is 17.1 Å². The van der Waals surface area contributed by atoms with E-state index in [2.05, 4.69) is 25.6 Å². The minimum atomic E-state index is -1.68. The van der Waals surface area contributed by atoms with Crippen LogP contribution in [0.3, 0.4) is 0 Å². The number of anilines is 1. The predicted molar refractivity (Wildman–Crippen MR) is 112 cm³/mol. The highest BCUT2D eigenvalue weighted by atomic mass is 32.2. The maximum Gasteiger partial charge on any atom is 0.278 e. The van der Waals surface area contributed by atoms with Crippen LogP contribution in [0.15, 0.2) is 60.0 Å². The number of nitrogens with one attached hydrogen (secondary N) is 1. The number of rotatable bonds is 6. The first kappa shape index (κ1) is 21.5. The molecule has 1 amide bonds. The van der Waals surface area contributed by atoms with E-state index in [1.165, 1.54) is 16.4 Å². The van der Waals surface area contributed by atoms with Gasteiger partial charge in [0, 0.05) is 18.1 Å². The number of carbonyl (C=O) groups excluding carboxylic acids is 1. The van der Waals surface area contributed by atoms with Gasteiger partial charge < -0.3 is 5.32 Å². The minimum absolute atomic E-state index is 0.0989. The first-order chi connectivity index (χ1) is 15.4. The van der Waals surface area contributed by atoms with Crippen molar-refractivity contribution >= 4 is 23.4 Å². The third-order valence-corrected chi connectivity index (χ3v) is 5.31. The van der Waals surface area contributed by atoms with E-state index in [1.807, 2.05) is 31.2 Å². The van der Waals surface area contributed by atoms with Crippen LogP contribution < -0.4 is 5.32 Å². The molecule has 0 aliphatic heterocycles. The Kier molecular flexibility index (Phi) is 6.17. The highest BCUT2D eigenvalue weighted by Gasteiger charge is 2.23. The number of benzene rings is 2. The Morgan fingerprint density at radius 2 is 1.75 bits per heavy atom. The highest BCUT2D eigenvalue weighted by molar-refractivity contribution is 7.98. The second kappa shape index (κ2) is 9.18. The molecule has 0 aliphatic carbocycles. The molecule has 0 fully saturated rings. The number of carbonyl (C=O) groups is 1. The summed E-state index contributed by atoms with van der Waals surface area (Å²) in [6, 6.07) is 10.7. The minimum Gasteiger partial charge on any atom is -0.318 e. The summed E-state index contributed by atoms with van der Waals surface area (Å²) in [5.41, 5.74) is 1.48. The molecule has 32 heavy (non-hydrogen) atoms. The first-order valence-corrected chi connectivity index (χ1v) is 10.3. The van der Waals surface area contributed by atoms with E-state index in [0.717, 1.165) is 17.7 Å². The van der Waals surface area contributed by atoms with Gasteiger partial charge in [-0.25, -0.2) is 27.8 Å². The molecule has 0 spiro atoms. The Morgan fingerprint density at radius 3 is 2.47 bits per heavy atom. The molecule has 0 radical (unpaired) electrons. The number of hydrogen-bond acceptors (Lipinski definition) is 6. The fraction of sp³-hybridized carbons (Fsp3) is 0.0952. The molecular weight excluding hydrogens is 441 g/mol. The van der Waals surface area contributed by atoms with E-state index in [0.29, 0.717) is 16.5 Å². The summed E-state index contributed by atoms with van der Waals surface area (Å²) < 4.78 is 42.2. The Labute approximate surface area is 184 Å². The topological polar surface area (TPSA) is 85.6 Å². The summed E-state index contributed by atoms with van der Waals surface area (Å²) in [5, 5.41) is 10.7. The zero-order valence-corrected chi connectivity index (χ0v) is 17.4. The molecule has 11 heteroatoms. The summed E-state index contributed by atoms with van der Waals surface area (Å²) in [4.78, 5) is 21.1. The van der Waals surface area contributed by atoms with Crippen LogP contribution in [0.1, 0.15) is 21.7 Å². The maximum atomic E-state index is 14.0. The molecule has 0 atom stereocenters. The van der Waals surface area contributed by atoms with Gasteiger partial charge in [0.25, 0.3) is 5.91 Å². The number of thioether (sulfide) groups is 1. The Balaban J connectivity index is 1.68. The van der Waals surface area contributed by atoms with Crippen LogP contribution in [0.25, 0.3) is 5.69 Å². The van der Waals surface area contributed by atoms with Crippen LogP contribution in [-0.4, -0.2) is 30.9 Å². The normalized spacial score (nSPS) is 10.9. The van der Waals surface area contributed by atoms with Gasteiger partial charge in [0.15, 0.2) is 28.3 Å². The lowest BCUT2D eigenvalue weighted by Crippen LogP contribution is -2.17. The molecule has 4 rings (SSSR count). The van der Waals surface area contributed by atoms with E-state index in [4.69, 9.17) is 0 Å². The first-order valence-electron chi connectivity index (χ1n) is 9.30. The van der Waals surface area contributed by atoms with Crippen molar-refractivity contribution in [2.24, 2.45) is 0 Å². The lowest BCUT2D eigenvalue weighted by atomic mass is 10.2. The number of nitrogens with zero attached hydrogens (tertiary/aromatic N) is 5. The standard InChI is InChI=1S/C21H15F3N6OS/c1-12-3-5-13(6-4-12)30-16(11-32-21-25-9-2-10-26-21)19(28-29-30)20(31)27-15-8-7-14(22)17(23)18(15)24/h2-10H,11H2,1H3,(H,27,31). The Bertz CT molecular complexity index is 1260. The van der Waals surface area contributed by atoms with Gasteiger partial charge in [-0.05, 0) is 37.3 Å². The Hall–Kier alpha value is -3.73. The van der Waals surface area contributed by atoms with Crippen LogP contribution in [-0.2, 0) is 5.75 Å². The molecule has 1 N–H and O–H groups in total. The summed E-state index contributed by atoms with van der Waals surface area (Å²) in [6.45, 7) is 1.93. The predicted octanol–water partition coefficient (Wildman–Crippen LogP) is 4.33. The average molecular weight is 456 g/mol. The molecule has 2 aromatic heterocycles. The summed E-state index contributed by atoms with van der Waals surface area (Å²) in [6.07, 6.45) is 3.18. The van der Waals surface area contributed by atoms with Crippen molar-refractivity contribution in [1.82, 2.24) is 25.0 Å². The van der Waals surface area contributed by atoms with Gasteiger partial charge in [0.1, 0.15) is 0 Å². The highest BCUT2D eigenvalue weighted by Crippen LogP contribution is 2.25. The monoisotopic (exact) mass is 456 g/mol. The van der Waals surface area contributed by atoms with E-state index in [1.54, 1.807) is 18.5 Å². The van der Waals surface area contributed by atoms with Crippen LogP contribution in [0.5, 0.6) is 0 Å². The maximum absolute atomic E-state index is 14.0. The third kappa shape index (κ3) is 4.47. The fourth-order valence-corrected chi connectivity index (χ4v) is 3.59. The van der Waals surface area contributed by atoms with E-state index < -0.39 is 29.0 Å². The summed E-state index contributed by atoms with van der Waals surface area (Å²) in [7, 11) is 0. The molecular formula is C21H15F3N6OS. The van der Waals surface area contributed by atoms with Crippen LogP contribution in [0.4, 0.5) is 18.9 Å². The van der Waals surface area contributed by atoms with Gasteiger partial charge in [-0.2, -0.15) is 0 Å². The van der Waals surface area contributed by atoms with E-state index >= 15 is 0 Å². The van der Waals surface area contributed by atoms with Crippen molar-refractivity contribution in [2.75, 3.05) is 5.32 Å². The third-order valence-electron chi connectivity index (χ3n) is 4.42. The molecule has 162 valence electrons. The molecule has 2 heterocycles. The van der Waals surface area contributed by atoms with E-state index in [9.17, 15) is 18.0 Å². The number of amides is 1. The smallest absolute Gasteiger partial charge is 0.278 e. The van der Waals surface area contributed by atoms with Crippen molar-refractivity contribution in [1.29, 1.82) is 0 Å². The molecule has 7 nitrogen and oxygen atoms in total. The SMILES string of the molecule is Cc1ccc(-n2nnc(C(=O)Nc3ccc(F)c(F)c3F)c2CSc2ncccn2)cc1. The molecule has 4 aromatic rings. The van der Waals surface area contributed by atoms with E-state index in [-0.39, 0.29) is 11.4 Å². The summed E-state index contributed by atoms with van der Waals surface area (Å²) >= 11 is 1.25. The van der Waals surface area contributed by atoms with Crippen molar-refractivity contribution in [3.63, 3.8) is 0 Å². The quantitative estimate of drug-likeness (QED) is 0.264. The zero-order chi connectivity index (χ0) is 22.7. The second-order valence-electron chi connectivity index (χ2n) is 6.63. The second-order valence-corrected chi connectivity index (χ2v) is 7.57. The van der Waals surface area contributed by atoms with Crippen LogP contribution in [0.2, 0.25) is 0 Å². The van der Waals surface area contributed by atoms with Crippen molar-refractivity contribution < 1.29 is 18.0 Å². The largest absolute Gasteiger partial charge is 0.318 e. The van der Waals surface area contributed by atoms with Crippen LogP contribution in [0, 0.1) is 24.4 Å².